The highest BCUT2D eigenvalue weighted by molar-refractivity contribution is 5.96. The number of nitrogens with one attached hydrogen (secondary N) is 2. The van der Waals surface area contributed by atoms with Crippen molar-refractivity contribution in [2.75, 3.05) is 39.3 Å². The fourth-order valence-corrected chi connectivity index (χ4v) is 11.3. The summed E-state index contributed by atoms with van der Waals surface area (Å²) in [5, 5.41) is 44.3. The molecule has 17 nitrogen and oxygen atoms in total. The number of ketones is 1. The number of hydrogen-bond donors (Lipinski definition) is 5. The monoisotopic (exact) mass is 937 g/mol. The van der Waals surface area contributed by atoms with Gasteiger partial charge in [-0.3, -0.25) is 24.1 Å². The Morgan fingerprint density at radius 1 is 0.882 bits per heavy atom. The Labute approximate surface area is 394 Å². The van der Waals surface area contributed by atoms with Crippen LogP contribution in [-0.2, 0) is 42.9 Å². The molecule has 3 aromatic rings. The number of amides is 1. The van der Waals surface area contributed by atoms with E-state index in [9.17, 15) is 39.3 Å². The highest BCUT2D eigenvalue weighted by atomic mass is 16.6. The van der Waals surface area contributed by atoms with Crippen molar-refractivity contribution in [3.8, 4) is 0 Å². The highest BCUT2D eigenvalue weighted by Gasteiger charge is 2.78. The molecule has 3 aliphatic carbocycles. The van der Waals surface area contributed by atoms with Gasteiger partial charge in [0.25, 0.3) is 5.91 Å². The van der Waals surface area contributed by atoms with Gasteiger partial charge in [-0.15, -0.1) is 0 Å². The standard InChI is InChI=1S/C51H59N3O14/c1-29-34(65-47(62)41(58)39(31-15-9-6-10-16-31)53-45(60)32-17-11-7-12-18-32)26-51(63)44(67-46(61)33-19-13-8-14-20-33)42-49(5,43(59)40(57)38(29)48(51,3)4)35(25-36-50(42,28-64-36)68-30(2)55)66-37(56)27-54-23-21-52-22-24-54/h6-20,34-36,39-42,44,52,57-58,63H,21-28H2,1-5H3,(H,53,60)/t34-,35-,36+,39-,40+,41+,42-,44-,49+,50-,51+/m0/s1. The third kappa shape index (κ3) is 8.53. The largest absolute Gasteiger partial charge is 0.460 e. The van der Waals surface area contributed by atoms with Gasteiger partial charge >= 0.3 is 23.9 Å². The molecule has 2 aliphatic heterocycles. The Hall–Kier alpha value is -5.82. The minimum atomic E-state index is -2.41. The maximum atomic E-state index is 15.7. The average Bonchev–Trinajstić information content (AvgIpc) is 3.32. The van der Waals surface area contributed by atoms with E-state index >= 15 is 4.79 Å². The third-order valence-electron chi connectivity index (χ3n) is 15.0. The van der Waals surface area contributed by atoms with Crippen molar-refractivity contribution in [3.63, 3.8) is 0 Å². The smallest absolute Gasteiger partial charge is 0.338 e. The van der Waals surface area contributed by atoms with Crippen molar-refractivity contribution >= 4 is 35.6 Å². The summed E-state index contributed by atoms with van der Waals surface area (Å²) in [7, 11) is 0. The SMILES string of the molecule is CC(=O)O[C@@]12CO[C@@H]1C[C@H](OC(=O)CN1CCNCC1)[C@@]1(C)C(=O)[C@H](O)C3=C(C)[C@@H](OC(=O)[C@H](O)[C@@H](NC(=O)c4ccccc4)c4ccccc4)C[C@@](O)([C@@H](OC(=O)c4ccccc4)[C@H]21)C3(C)C. The molecule has 11 atom stereocenters. The molecular formula is C51H59N3O14. The van der Waals surface area contributed by atoms with E-state index in [1.807, 2.05) is 4.90 Å². The number of esters is 4. The Bertz CT molecular complexity index is 2440. The van der Waals surface area contributed by atoms with Gasteiger partial charge < -0.3 is 49.6 Å². The highest BCUT2D eigenvalue weighted by Crippen LogP contribution is 2.64. The second-order valence-corrected chi connectivity index (χ2v) is 19.3. The van der Waals surface area contributed by atoms with E-state index < -0.39 is 113 Å². The van der Waals surface area contributed by atoms with Crippen LogP contribution in [0, 0.1) is 16.7 Å². The quantitative estimate of drug-likeness (QED) is 0.0997. The second-order valence-electron chi connectivity index (χ2n) is 19.3. The fraction of sp³-hybridized carbons (Fsp3) is 0.490. The van der Waals surface area contributed by atoms with E-state index in [-0.39, 0.29) is 41.8 Å². The van der Waals surface area contributed by atoms with Gasteiger partial charge in [-0.05, 0) is 54.8 Å². The molecule has 0 unspecified atom stereocenters. The summed E-state index contributed by atoms with van der Waals surface area (Å²) in [5.74, 6) is -6.67. The maximum Gasteiger partial charge on any atom is 0.338 e. The molecule has 2 heterocycles. The van der Waals surface area contributed by atoms with Crippen LogP contribution in [0.15, 0.2) is 102 Å². The van der Waals surface area contributed by atoms with E-state index in [4.69, 9.17) is 23.7 Å². The Balaban J connectivity index is 1.24. The number of rotatable bonds is 12. The van der Waals surface area contributed by atoms with E-state index in [0.29, 0.717) is 31.7 Å². The predicted molar refractivity (Wildman–Crippen MR) is 241 cm³/mol. The molecule has 2 saturated heterocycles. The summed E-state index contributed by atoms with van der Waals surface area (Å²) < 4.78 is 31.2. The minimum absolute atomic E-state index is 0.0691. The van der Waals surface area contributed by atoms with E-state index in [1.54, 1.807) is 92.7 Å². The number of fused-ring (bicyclic) bond motifs is 5. The summed E-state index contributed by atoms with van der Waals surface area (Å²) in [5.41, 5.74) is -7.15. The van der Waals surface area contributed by atoms with Crippen LogP contribution in [-0.4, -0.2) is 143 Å². The summed E-state index contributed by atoms with van der Waals surface area (Å²) in [4.78, 5) is 87.1. The van der Waals surface area contributed by atoms with Gasteiger partial charge in [-0.2, -0.15) is 0 Å². The first-order valence-electron chi connectivity index (χ1n) is 23.0. The summed E-state index contributed by atoms with van der Waals surface area (Å²) in [6.45, 7) is 9.25. The number of hydrogen-bond acceptors (Lipinski definition) is 16. The summed E-state index contributed by atoms with van der Waals surface area (Å²) in [6.07, 6.45) is -10.6. The first kappa shape index (κ1) is 48.6. The van der Waals surface area contributed by atoms with Gasteiger partial charge in [-0.1, -0.05) is 80.6 Å². The number of piperazine rings is 1. The number of ether oxygens (including phenoxy) is 5. The number of carbonyl (C=O) groups is 6. The van der Waals surface area contributed by atoms with Crippen LogP contribution in [0.1, 0.15) is 79.8 Å². The first-order chi connectivity index (χ1) is 32.3. The van der Waals surface area contributed by atoms with Crippen molar-refractivity contribution in [2.45, 2.75) is 101 Å². The number of nitrogens with zero attached hydrogens (tertiary/aromatic N) is 1. The Morgan fingerprint density at radius 2 is 1.49 bits per heavy atom. The number of aliphatic hydroxyl groups excluding tert-OH is 2. The van der Waals surface area contributed by atoms with Crippen LogP contribution in [0.2, 0.25) is 0 Å². The lowest BCUT2D eigenvalue weighted by molar-refractivity contribution is -0.346. The van der Waals surface area contributed by atoms with Crippen LogP contribution in [0.4, 0.5) is 0 Å². The molecule has 2 saturated carbocycles. The van der Waals surface area contributed by atoms with Gasteiger partial charge in [-0.25, -0.2) is 9.59 Å². The lowest BCUT2D eigenvalue weighted by Crippen LogP contribution is -2.82. The molecule has 5 aliphatic rings. The molecule has 0 radical (unpaired) electrons. The fourth-order valence-electron chi connectivity index (χ4n) is 11.3. The zero-order valence-corrected chi connectivity index (χ0v) is 38.7. The molecule has 2 bridgehead atoms. The lowest BCUT2D eigenvalue weighted by Gasteiger charge is -2.67. The van der Waals surface area contributed by atoms with Crippen molar-refractivity contribution in [1.29, 1.82) is 0 Å². The summed E-state index contributed by atoms with van der Waals surface area (Å²) in [6, 6.07) is 23.1. The molecule has 0 spiro atoms. The zero-order valence-electron chi connectivity index (χ0n) is 38.7. The minimum Gasteiger partial charge on any atom is -0.460 e. The van der Waals surface area contributed by atoms with Gasteiger partial charge in [0, 0.05) is 56.9 Å². The molecule has 362 valence electrons. The molecule has 17 heteroatoms. The molecule has 5 N–H and O–H groups in total. The third-order valence-corrected chi connectivity index (χ3v) is 15.0. The normalized spacial score (nSPS) is 31.7. The van der Waals surface area contributed by atoms with Crippen molar-refractivity contribution in [1.82, 2.24) is 15.5 Å². The van der Waals surface area contributed by atoms with Crippen LogP contribution in [0.25, 0.3) is 0 Å². The molecule has 1 amide bonds. The summed E-state index contributed by atoms with van der Waals surface area (Å²) >= 11 is 0. The van der Waals surface area contributed by atoms with Crippen LogP contribution < -0.4 is 10.6 Å². The molecule has 3 aromatic carbocycles. The number of Topliss-reactive ketones (excluding diaryl/α,β-unsaturated/α-hetero) is 1. The Morgan fingerprint density at radius 3 is 2.07 bits per heavy atom. The number of carbonyl (C=O) groups excluding carboxylic acids is 6. The molecule has 8 rings (SSSR count). The van der Waals surface area contributed by atoms with Gasteiger partial charge in [0.1, 0.15) is 36.1 Å². The Kier molecular flexibility index (Phi) is 13.5. The zero-order chi connectivity index (χ0) is 48.8. The van der Waals surface area contributed by atoms with E-state index in [1.165, 1.54) is 32.9 Å². The van der Waals surface area contributed by atoms with Crippen molar-refractivity contribution in [3.05, 3.63) is 119 Å². The second kappa shape index (κ2) is 18.9. The molecule has 4 fully saturated rings. The van der Waals surface area contributed by atoms with Crippen LogP contribution in [0.3, 0.4) is 0 Å². The molecule has 68 heavy (non-hydrogen) atoms. The maximum absolute atomic E-state index is 15.7. The van der Waals surface area contributed by atoms with Gasteiger partial charge in [0.05, 0.1) is 36.1 Å². The van der Waals surface area contributed by atoms with Crippen LogP contribution >= 0.6 is 0 Å². The van der Waals surface area contributed by atoms with Crippen LogP contribution in [0.5, 0.6) is 0 Å². The average molecular weight is 938 g/mol. The van der Waals surface area contributed by atoms with Gasteiger partial charge in [0.15, 0.2) is 17.5 Å². The van der Waals surface area contributed by atoms with E-state index in [0.717, 1.165) is 0 Å². The van der Waals surface area contributed by atoms with Gasteiger partial charge in [0.2, 0.25) is 0 Å². The topological polar surface area (TPSA) is 237 Å². The van der Waals surface area contributed by atoms with Crippen molar-refractivity contribution < 1.29 is 67.8 Å². The van der Waals surface area contributed by atoms with E-state index in [2.05, 4.69) is 10.6 Å². The predicted octanol–water partition coefficient (Wildman–Crippen LogP) is 2.62. The lowest BCUT2D eigenvalue weighted by atomic mass is 9.44. The van der Waals surface area contributed by atoms with Crippen molar-refractivity contribution in [2.24, 2.45) is 16.7 Å². The number of aliphatic hydroxyl groups is 3. The first-order valence-corrected chi connectivity index (χ1v) is 23.0. The number of benzene rings is 3. The molecule has 0 aromatic heterocycles. The molecular weight excluding hydrogens is 879 g/mol.